The van der Waals surface area contributed by atoms with E-state index in [0.29, 0.717) is 12.8 Å². The maximum Gasteiger partial charge on any atom is 0.252 e. The third kappa shape index (κ3) is 1.87. The summed E-state index contributed by atoms with van der Waals surface area (Å²) in [5.74, 6) is 0.669. The van der Waals surface area contributed by atoms with E-state index in [1.807, 2.05) is 11.5 Å². The Hall–Kier alpha value is -1.69. The molecule has 2 aliphatic heterocycles. The van der Waals surface area contributed by atoms with Crippen LogP contribution in [-0.4, -0.2) is 39.9 Å². The maximum atomic E-state index is 12.3. The molecule has 2 amide bonds. The van der Waals surface area contributed by atoms with Crippen LogP contribution in [0.25, 0.3) is 0 Å². The number of aromatic nitrogens is 2. The Balaban J connectivity index is 2.00. The standard InChI is InChI=1S/C13H18N4O2/c1-8-15-9-7-14-6-5-10(9)17(8)11-3-4-12(18)16(2)13(11)19/h11,14H,3-7H2,1-2H3. The Kier molecular flexibility index (Phi) is 2.89. The summed E-state index contributed by atoms with van der Waals surface area (Å²) in [4.78, 5) is 29.7. The minimum Gasteiger partial charge on any atom is -0.319 e. The Morgan fingerprint density at radius 3 is 2.89 bits per heavy atom. The van der Waals surface area contributed by atoms with E-state index in [9.17, 15) is 9.59 Å². The summed E-state index contributed by atoms with van der Waals surface area (Å²) < 4.78 is 2.04. The SMILES string of the molecule is Cc1nc2c(n1C1CCC(=O)N(C)C1=O)CCNC2. The number of piperidine rings is 1. The third-order valence-corrected chi connectivity index (χ3v) is 4.03. The lowest BCUT2D eigenvalue weighted by molar-refractivity contribution is -0.149. The predicted molar refractivity (Wildman–Crippen MR) is 68.4 cm³/mol. The van der Waals surface area contributed by atoms with Gasteiger partial charge in [0.25, 0.3) is 5.91 Å². The van der Waals surface area contributed by atoms with E-state index in [-0.39, 0.29) is 17.9 Å². The number of likely N-dealkylation sites (N-methyl/N-ethyl adjacent to an activating group) is 1. The van der Waals surface area contributed by atoms with Crippen molar-refractivity contribution >= 4 is 11.8 Å². The average Bonchev–Trinajstić information content (AvgIpc) is 2.73. The summed E-state index contributed by atoms with van der Waals surface area (Å²) in [6.45, 7) is 3.61. The van der Waals surface area contributed by atoms with Crippen molar-refractivity contribution in [3.8, 4) is 0 Å². The van der Waals surface area contributed by atoms with Crippen molar-refractivity contribution < 1.29 is 9.59 Å². The van der Waals surface area contributed by atoms with Crippen molar-refractivity contribution in [2.24, 2.45) is 0 Å². The van der Waals surface area contributed by atoms with Gasteiger partial charge in [-0.15, -0.1) is 0 Å². The number of carbonyl (C=O) groups is 2. The minimum absolute atomic E-state index is 0.0884. The van der Waals surface area contributed by atoms with Crippen LogP contribution in [0.1, 0.15) is 36.1 Å². The summed E-state index contributed by atoms with van der Waals surface area (Å²) in [6.07, 6.45) is 1.90. The van der Waals surface area contributed by atoms with Crippen LogP contribution < -0.4 is 5.32 Å². The quantitative estimate of drug-likeness (QED) is 0.732. The van der Waals surface area contributed by atoms with E-state index in [4.69, 9.17) is 0 Å². The van der Waals surface area contributed by atoms with Gasteiger partial charge in [-0.1, -0.05) is 0 Å². The molecule has 3 rings (SSSR count). The second-order valence-corrected chi connectivity index (χ2v) is 5.19. The number of nitrogens with zero attached hydrogens (tertiary/aromatic N) is 3. The van der Waals surface area contributed by atoms with Gasteiger partial charge in [0, 0.05) is 38.7 Å². The highest BCUT2D eigenvalue weighted by Gasteiger charge is 2.35. The monoisotopic (exact) mass is 262 g/mol. The number of hydrogen-bond acceptors (Lipinski definition) is 4. The van der Waals surface area contributed by atoms with Crippen LogP contribution in [0.2, 0.25) is 0 Å². The Labute approximate surface area is 111 Å². The van der Waals surface area contributed by atoms with Gasteiger partial charge >= 0.3 is 0 Å². The molecule has 1 aromatic rings. The molecule has 0 bridgehead atoms. The zero-order valence-corrected chi connectivity index (χ0v) is 11.3. The fraction of sp³-hybridized carbons (Fsp3) is 0.615. The van der Waals surface area contributed by atoms with Gasteiger partial charge < -0.3 is 9.88 Å². The number of nitrogens with one attached hydrogen (secondary N) is 1. The molecule has 1 unspecified atom stereocenters. The van der Waals surface area contributed by atoms with Crippen LogP contribution in [-0.2, 0) is 22.6 Å². The molecule has 0 saturated carbocycles. The molecule has 19 heavy (non-hydrogen) atoms. The second kappa shape index (κ2) is 4.45. The lowest BCUT2D eigenvalue weighted by atomic mass is 10.0. The van der Waals surface area contributed by atoms with Crippen LogP contribution in [0.4, 0.5) is 0 Å². The number of imidazole rings is 1. The maximum absolute atomic E-state index is 12.3. The number of hydrogen-bond donors (Lipinski definition) is 1. The number of amides is 2. The Morgan fingerprint density at radius 2 is 2.11 bits per heavy atom. The van der Waals surface area contributed by atoms with Gasteiger partial charge in [0.05, 0.1) is 5.69 Å². The molecule has 1 atom stereocenters. The Morgan fingerprint density at radius 1 is 1.32 bits per heavy atom. The van der Waals surface area contributed by atoms with Crippen molar-refractivity contribution in [3.05, 3.63) is 17.2 Å². The molecular formula is C13H18N4O2. The van der Waals surface area contributed by atoms with Crippen molar-refractivity contribution in [2.75, 3.05) is 13.6 Å². The molecule has 0 radical (unpaired) electrons. The molecule has 1 aromatic heterocycles. The first-order chi connectivity index (χ1) is 9.09. The summed E-state index contributed by atoms with van der Waals surface area (Å²) in [6, 6.07) is -0.267. The first-order valence-electron chi connectivity index (χ1n) is 6.67. The van der Waals surface area contributed by atoms with Gasteiger partial charge in [-0.2, -0.15) is 0 Å². The lowest BCUT2D eigenvalue weighted by Gasteiger charge is -2.30. The van der Waals surface area contributed by atoms with Crippen LogP contribution in [0, 0.1) is 6.92 Å². The normalized spacial score (nSPS) is 23.7. The predicted octanol–water partition coefficient (Wildman–Crippen LogP) is 0.157. The van der Waals surface area contributed by atoms with Gasteiger partial charge in [-0.25, -0.2) is 4.98 Å². The summed E-state index contributed by atoms with van der Waals surface area (Å²) in [5.41, 5.74) is 2.19. The van der Waals surface area contributed by atoms with Crippen LogP contribution in [0.3, 0.4) is 0 Å². The highest BCUT2D eigenvalue weighted by atomic mass is 16.2. The number of imide groups is 1. The van der Waals surface area contributed by atoms with E-state index in [2.05, 4.69) is 10.3 Å². The van der Waals surface area contributed by atoms with Crippen molar-refractivity contribution in [3.63, 3.8) is 0 Å². The molecule has 2 aliphatic rings. The van der Waals surface area contributed by atoms with Crippen LogP contribution >= 0.6 is 0 Å². The average molecular weight is 262 g/mol. The van der Waals surface area contributed by atoms with Gasteiger partial charge in [-0.3, -0.25) is 14.5 Å². The van der Waals surface area contributed by atoms with E-state index in [1.165, 1.54) is 4.90 Å². The van der Waals surface area contributed by atoms with E-state index >= 15 is 0 Å². The fourth-order valence-corrected chi connectivity index (χ4v) is 3.02. The molecule has 0 aliphatic carbocycles. The second-order valence-electron chi connectivity index (χ2n) is 5.19. The van der Waals surface area contributed by atoms with Crippen LogP contribution in [0.5, 0.6) is 0 Å². The number of rotatable bonds is 1. The Bertz CT molecular complexity index is 549. The third-order valence-electron chi connectivity index (χ3n) is 4.03. The van der Waals surface area contributed by atoms with Gasteiger partial charge in [-0.05, 0) is 13.3 Å². The molecule has 6 heteroatoms. The summed E-state index contributed by atoms with van der Waals surface area (Å²) in [5, 5.41) is 3.29. The molecule has 0 spiro atoms. The number of fused-ring (bicyclic) bond motifs is 1. The molecule has 1 saturated heterocycles. The number of carbonyl (C=O) groups excluding carboxylic acids is 2. The van der Waals surface area contributed by atoms with Crippen LogP contribution in [0.15, 0.2) is 0 Å². The molecule has 1 N–H and O–H groups in total. The van der Waals surface area contributed by atoms with Gasteiger partial charge in [0.1, 0.15) is 11.9 Å². The van der Waals surface area contributed by atoms with Crippen molar-refractivity contribution in [2.45, 2.75) is 38.8 Å². The number of likely N-dealkylation sites (tertiary alicyclic amines) is 1. The molecule has 3 heterocycles. The molecule has 0 aromatic carbocycles. The minimum atomic E-state index is -0.267. The molecule has 6 nitrogen and oxygen atoms in total. The smallest absolute Gasteiger partial charge is 0.252 e. The van der Waals surface area contributed by atoms with E-state index < -0.39 is 0 Å². The highest BCUT2D eigenvalue weighted by Crippen LogP contribution is 2.28. The number of aryl methyl sites for hydroxylation is 1. The van der Waals surface area contributed by atoms with Crippen molar-refractivity contribution in [1.82, 2.24) is 19.8 Å². The van der Waals surface area contributed by atoms with E-state index in [1.54, 1.807) is 7.05 Å². The zero-order chi connectivity index (χ0) is 13.6. The molecule has 102 valence electrons. The van der Waals surface area contributed by atoms with Gasteiger partial charge in [0.15, 0.2) is 0 Å². The van der Waals surface area contributed by atoms with Crippen molar-refractivity contribution in [1.29, 1.82) is 0 Å². The highest BCUT2D eigenvalue weighted by molar-refractivity contribution is 5.99. The summed E-state index contributed by atoms with van der Waals surface area (Å²) >= 11 is 0. The molecular weight excluding hydrogens is 244 g/mol. The first-order valence-corrected chi connectivity index (χ1v) is 6.67. The topological polar surface area (TPSA) is 67.2 Å². The zero-order valence-electron chi connectivity index (χ0n) is 11.3. The first kappa shape index (κ1) is 12.3. The molecule has 1 fully saturated rings. The lowest BCUT2D eigenvalue weighted by Crippen LogP contribution is -2.44. The largest absolute Gasteiger partial charge is 0.319 e. The van der Waals surface area contributed by atoms with Gasteiger partial charge in [0.2, 0.25) is 5.91 Å². The van der Waals surface area contributed by atoms with E-state index in [0.717, 1.165) is 36.7 Å². The fourth-order valence-electron chi connectivity index (χ4n) is 3.02. The summed E-state index contributed by atoms with van der Waals surface area (Å²) in [7, 11) is 1.57.